The lowest BCUT2D eigenvalue weighted by molar-refractivity contribution is -0.274. The highest BCUT2D eigenvalue weighted by molar-refractivity contribution is 6.06. The van der Waals surface area contributed by atoms with E-state index in [1.807, 2.05) is 0 Å². The molecule has 0 aliphatic carbocycles. The van der Waals surface area contributed by atoms with Gasteiger partial charge in [-0.05, 0) is 30.3 Å². The van der Waals surface area contributed by atoms with Gasteiger partial charge in [0, 0.05) is 18.4 Å². The number of aromatic nitrogens is 1. The number of hydrogen-bond acceptors (Lipinski definition) is 7. The van der Waals surface area contributed by atoms with Crippen LogP contribution in [0.5, 0.6) is 11.5 Å². The molecule has 1 aromatic carbocycles. The molecule has 26 heavy (non-hydrogen) atoms. The van der Waals surface area contributed by atoms with E-state index in [0.29, 0.717) is 17.0 Å². The first kappa shape index (κ1) is 19.5. The van der Waals surface area contributed by atoms with E-state index in [4.69, 9.17) is 21.0 Å². The Morgan fingerprint density at radius 1 is 1.23 bits per heavy atom. The molecule has 1 heterocycles. The monoisotopic (exact) mass is 370 g/mol. The Morgan fingerprint density at radius 3 is 2.50 bits per heavy atom. The standard InChI is InChI=1S/C16H17F3N4O3/c17-16(18,19)26-11-3-1-10(2-4-11)23-15-14(12(21)9-20)13(5-6-22-15)25-8-7-24/h1-6,21,24H,7-9,20H2,(H,22,23). The molecule has 0 saturated carbocycles. The molecule has 0 amide bonds. The summed E-state index contributed by atoms with van der Waals surface area (Å²) in [5.41, 5.74) is 6.31. The van der Waals surface area contributed by atoms with Gasteiger partial charge in [-0.25, -0.2) is 4.98 Å². The summed E-state index contributed by atoms with van der Waals surface area (Å²) in [6.07, 6.45) is -3.33. The molecule has 2 aromatic rings. The minimum Gasteiger partial charge on any atom is -0.490 e. The van der Waals surface area contributed by atoms with Gasteiger partial charge in [0.15, 0.2) is 0 Å². The molecule has 0 spiro atoms. The molecule has 0 fully saturated rings. The fourth-order valence-electron chi connectivity index (χ4n) is 2.09. The molecule has 140 valence electrons. The van der Waals surface area contributed by atoms with Gasteiger partial charge in [-0.15, -0.1) is 13.2 Å². The zero-order chi connectivity index (χ0) is 19.2. The molecular formula is C16H17F3N4O3. The summed E-state index contributed by atoms with van der Waals surface area (Å²) in [5.74, 6) is 0.204. The van der Waals surface area contributed by atoms with Gasteiger partial charge >= 0.3 is 6.36 Å². The molecule has 5 N–H and O–H groups in total. The SMILES string of the molecule is N=C(CN)c1c(OCCO)ccnc1Nc1ccc(OC(F)(F)F)cc1. The normalized spacial score (nSPS) is 11.1. The molecule has 10 heteroatoms. The third-order valence-corrected chi connectivity index (χ3v) is 3.12. The van der Waals surface area contributed by atoms with Crippen LogP contribution < -0.4 is 20.5 Å². The van der Waals surface area contributed by atoms with Crippen molar-refractivity contribution in [2.75, 3.05) is 25.1 Å². The zero-order valence-electron chi connectivity index (χ0n) is 13.5. The van der Waals surface area contributed by atoms with Gasteiger partial charge in [-0.3, -0.25) is 0 Å². The highest BCUT2D eigenvalue weighted by Crippen LogP contribution is 2.29. The zero-order valence-corrected chi connectivity index (χ0v) is 13.5. The van der Waals surface area contributed by atoms with Crippen molar-refractivity contribution in [1.82, 2.24) is 4.98 Å². The van der Waals surface area contributed by atoms with E-state index in [0.717, 1.165) is 12.1 Å². The molecule has 2 rings (SSSR count). The Bertz CT molecular complexity index is 751. The van der Waals surface area contributed by atoms with Crippen molar-refractivity contribution < 1.29 is 27.8 Å². The van der Waals surface area contributed by atoms with Gasteiger partial charge in [0.05, 0.1) is 17.9 Å². The van der Waals surface area contributed by atoms with Gasteiger partial charge in [0.1, 0.15) is 23.9 Å². The summed E-state index contributed by atoms with van der Waals surface area (Å²) in [4.78, 5) is 4.13. The number of alkyl halides is 3. The lowest BCUT2D eigenvalue weighted by atomic mass is 10.1. The molecule has 0 unspecified atom stereocenters. The first-order valence-electron chi connectivity index (χ1n) is 7.47. The highest BCUT2D eigenvalue weighted by atomic mass is 19.4. The molecule has 7 nitrogen and oxygen atoms in total. The van der Waals surface area contributed by atoms with Crippen LogP contribution in [0.4, 0.5) is 24.7 Å². The van der Waals surface area contributed by atoms with Crippen molar-refractivity contribution in [2.24, 2.45) is 5.73 Å². The third-order valence-electron chi connectivity index (χ3n) is 3.12. The summed E-state index contributed by atoms with van der Waals surface area (Å²) >= 11 is 0. The van der Waals surface area contributed by atoms with E-state index >= 15 is 0 Å². The van der Waals surface area contributed by atoms with Crippen LogP contribution in [0.2, 0.25) is 0 Å². The van der Waals surface area contributed by atoms with E-state index in [1.54, 1.807) is 0 Å². The average molecular weight is 370 g/mol. The molecule has 1 aromatic heterocycles. The van der Waals surface area contributed by atoms with Crippen molar-refractivity contribution in [3.05, 3.63) is 42.1 Å². The average Bonchev–Trinajstić information content (AvgIpc) is 2.60. The quantitative estimate of drug-likeness (QED) is 0.531. The largest absolute Gasteiger partial charge is 0.573 e. The van der Waals surface area contributed by atoms with Crippen LogP contribution in [0.15, 0.2) is 36.5 Å². The van der Waals surface area contributed by atoms with Crippen molar-refractivity contribution in [3.63, 3.8) is 0 Å². The summed E-state index contributed by atoms with van der Waals surface area (Å²) in [6.45, 7) is -0.257. The minimum atomic E-state index is -4.77. The van der Waals surface area contributed by atoms with E-state index in [9.17, 15) is 13.2 Å². The van der Waals surface area contributed by atoms with E-state index in [-0.39, 0.29) is 37.0 Å². The maximum atomic E-state index is 12.2. The maximum absolute atomic E-state index is 12.2. The van der Waals surface area contributed by atoms with Crippen molar-refractivity contribution in [2.45, 2.75) is 6.36 Å². The predicted octanol–water partition coefficient (Wildman–Crippen LogP) is 2.42. The first-order valence-corrected chi connectivity index (χ1v) is 7.47. The van der Waals surface area contributed by atoms with Crippen molar-refractivity contribution in [3.8, 4) is 11.5 Å². The van der Waals surface area contributed by atoms with Gasteiger partial charge < -0.3 is 31.0 Å². The highest BCUT2D eigenvalue weighted by Gasteiger charge is 2.31. The lowest BCUT2D eigenvalue weighted by Crippen LogP contribution is -2.18. The second-order valence-corrected chi connectivity index (χ2v) is 4.98. The maximum Gasteiger partial charge on any atom is 0.573 e. The smallest absolute Gasteiger partial charge is 0.490 e. The minimum absolute atomic E-state index is 0.0256. The number of benzene rings is 1. The number of anilines is 2. The van der Waals surface area contributed by atoms with Crippen LogP contribution in [0.25, 0.3) is 0 Å². The molecule has 0 saturated heterocycles. The molecule has 0 aliphatic rings. The van der Waals surface area contributed by atoms with Crippen LogP contribution in [-0.4, -0.2) is 41.9 Å². The fraction of sp³-hybridized carbons (Fsp3) is 0.250. The number of aliphatic hydroxyl groups excluding tert-OH is 1. The van der Waals surface area contributed by atoms with Crippen LogP contribution in [0.1, 0.15) is 5.56 Å². The Morgan fingerprint density at radius 2 is 1.92 bits per heavy atom. The topological polar surface area (TPSA) is 113 Å². The summed E-state index contributed by atoms with van der Waals surface area (Å²) < 4.78 is 45.8. The fourth-order valence-corrected chi connectivity index (χ4v) is 2.09. The molecule has 0 aliphatic heterocycles. The molecular weight excluding hydrogens is 353 g/mol. The number of nitrogens with two attached hydrogens (primary N) is 1. The molecule has 0 atom stereocenters. The van der Waals surface area contributed by atoms with Crippen molar-refractivity contribution >= 4 is 17.2 Å². The number of ether oxygens (including phenoxy) is 2. The first-order chi connectivity index (χ1) is 12.3. The number of halogens is 3. The number of nitrogens with one attached hydrogen (secondary N) is 2. The summed E-state index contributed by atoms with van der Waals surface area (Å²) in [5, 5.41) is 19.8. The second kappa shape index (κ2) is 8.50. The van der Waals surface area contributed by atoms with Gasteiger partial charge in [0.2, 0.25) is 0 Å². The molecule has 0 radical (unpaired) electrons. The summed E-state index contributed by atoms with van der Waals surface area (Å²) in [6, 6.07) is 6.58. The van der Waals surface area contributed by atoms with Crippen LogP contribution in [0.3, 0.4) is 0 Å². The Hall–Kier alpha value is -2.85. The second-order valence-electron chi connectivity index (χ2n) is 4.98. The van der Waals surface area contributed by atoms with Crippen LogP contribution >= 0.6 is 0 Å². The molecule has 0 bridgehead atoms. The van der Waals surface area contributed by atoms with Gasteiger partial charge in [-0.1, -0.05) is 0 Å². The van der Waals surface area contributed by atoms with Crippen molar-refractivity contribution in [1.29, 1.82) is 5.41 Å². The number of aliphatic hydroxyl groups is 1. The Labute approximate surface area is 147 Å². The van der Waals surface area contributed by atoms with E-state index in [1.165, 1.54) is 24.4 Å². The number of rotatable bonds is 8. The van der Waals surface area contributed by atoms with Crippen LogP contribution in [-0.2, 0) is 0 Å². The van der Waals surface area contributed by atoms with Crippen LogP contribution in [0, 0.1) is 5.41 Å². The predicted molar refractivity (Wildman–Crippen MR) is 89.1 cm³/mol. The van der Waals surface area contributed by atoms with Gasteiger partial charge in [0.25, 0.3) is 0 Å². The Balaban J connectivity index is 2.26. The Kier molecular flexibility index (Phi) is 6.36. The summed E-state index contributed by atoms with van der Waals surface area (Å²) in [7, 11) is 0. The third kappa shape index (κ3) is 5.33. The van der Waals surface area contributed by atoms with Gasteiger partial charge in [-0.2, -0.15) is 0 Å². The van der Waals surface area contributed by atoms with E-state index < -0.39 is 6.36 Å². The lowest BCUT2D eigenvalue weighted by Gasteiger charge is -2.16. The number of pyridine rings is 1. The number of nitrogens with zero attached hydrogens (tertiary/aromatic N) is 1. The van der Waals surface area contributed by atoms with E-state index in [2.05, 4.69) is 15.0 Å². The number of hydrogen-bond donors (Lipinski definition) is 4.